The van der Waals surface area contributed by atoms with E-state index in [0.717, 1.165) is 12.1 Å². The van der Waals surface area contributed by atoms with Crippen molar-refractivity contribution in [1.29, 1.82) is 0 Å². The fourth-order valence-corrected chi connectivity index (χ4v) is 1.01. The van der Waals surface area contributed by atoms with Crippen molar-refractivity contribution >= 4 is 0 Å². The molecule has 0 atom stereocenters. The fourth-order valence-electron chi connectivity index (χ4n) is 1.01. The van der Waals surface area contributed by atoms with Gasteiger partial charge in [-0.3, -0.25) is 0 Å². The summed E-state index contributed by atoms with van der Waals surface area (Å²) in [7, 11) is 1.88. The monoisotopic (exact) mass is 175 g/mol. The standard InChI is InChI=1S/C7H6.C5H11N/c1-2-4-7-5-6(7)3-1;1-4-5(2)6-3/h1-4H,5H2;6H,2,4H2,1,3H3. The van der Waals surface area contributed by atoms with Crippen molar-refractivity contribution in [3.8, 4) is 0 Å². The van der Waals surface area contributed by atoms with E-state index in [0.29, 0.717) is 0 Å². The van der Waals surface area contributed by atoms with Crippen molar-refractivity contribution in [2.75, 3.05) is 7.05 Å². The Labute approximate surface area is 80.5 Å². The normalized spacial score (nSPS) is 10.6. The molecule has 1 aromatic carbocycles. The van der Waals surface area contributed by atoms with Crippen LogP contribution in [-0.2, 0) is 6.42 Å². The molecule has 0 aromatic heterocycles. The van der Waals surface area contributed by atoms with Crippen LogP contribution >= 0.6 is 0 Å². The minimum absolute atomic E-state index is 1.02. The molecule has 13 heavy (non-hydrogen) atoms. The van der Waals surface area contributed by atoms with Gasteiger partial charge in [-0.1, -0.05) is 37.8 Å². The van der Waals surface area contributed by atoms with Gasteiger partial charge in [-0.2, -0.15) is 0 Å². The van der Waals surface area contributed by atoms with Crippen molar-refractivity contribution in [3.05, 3.63) is 47.7 Å². The predicted molar refractivity (Wildman–Crippen MR) is 57.7 cm³/mol. The zero-order chi connectivity index (χ0) is 9.68. The largest absolute Gasteiger partial charge is 0.392 e. The number of hydrogen-bond donors (Lipinski definition) is 1. The van der Waals surface area contributed by atoms with E-state index in [1.54, 1.807) is 0 Å². The van der Waals surface area contributed by atoms with Crippen LogP contribution in [0, 0.1) is 0 Å². The van der Waals surface area contributed by atoms with Crippen molar-refractivity contribution in [1.82, 2.24) is 5.32 Å². The third-order valence-electron chi connectivity index (χ3n) is 2.15. The maximum absolute atomic E-state index is 3.68. The third-order valence-corrected chi connectivity index (χ3v) is 2.15. The fraction of sp³-hybridized carbons (Fsp3) is 0.333. The summed E-state index contributed by atoms with van der Waals surface area (Å²) in [6.45, 7) is 5.75. The summed E-state index contributed by atoms with van der Waals surface area (Å²) in [5.41, 5.74) is 4.15. The van der Waals surface area contributed by atoms with Crippen LogP contribution in [-0.4, -0.2) is 7.05 Å². The second kappa shape index (κ2) is 4.70. The van der Waals surface area contributed by atoms with Crippen LogP contribution in [0.3, 0.4) is 0 Å². The molecular weight excluding hydrogens is 158 g/mol. The van der Waals surface area contributed by atoms with Gasteiger partial charge >= 0.3 is 0 Å². The summed E-state index contributed by atoms with van der Waals surface area (Å²) in [6, 6.07) is 8.53. The van der Waals surface area contributed by atoms with E-state index in [9.17, 15) is 0 Å². The highest BCUT2D eigenvalue weighted by Gasteiger charge is 2.12. The van der Waals surface area contributed by atoms with E-state index in [-0.39, 0.29) is 0 Å². The van der Waals surface area contributed by atoms with E-state index >= 15 is 0 Å². The van der Waals surface area contributed by atoms with Crippen LogP contribution in [0.25, 0.3) is 0 Å². The van der Waals surface area contributed by atoms with E-state index in [1.807, 2.05) is 7.05 Å². The Hall–Kier alpha value is -1.24. The number of fused-ring (bicyclic) bond motifs is 1. The summed E-state index contributed by atoms with van der Waals surface area (Å²) in [5, 5.41) is 2.92. The second-order valence-electron chi connectivity index (χ2n) is 3.15. The third kappa shape index (κ3) is 3.32. The molecule has 0 aliphatic heterocycles. The van der Waals surface area contributed by atoms with Crippen molar-refractivity contribution in [2.24, 2.45) is 0 Å². The van der Waals surface area contributed by atoms with Gasteiger partial charge in [-0.15, -0.1) is 0 Å². The van der Waals surface area contributed by atoms with Gasteiger partial charge in [0.2, 0.25) is 0 Å². The second-order valence-corrected chi connectivity index (χ2v) is 3.15. The summed E-state index contributed by atoms with van der Waals surface area (Å²) >= 11 is 0. The molecule has 1 aliphatic carbocycles. The van der Waals surface area contributed by atoms with Gasteiger partial charge in [-0.05, 0) is 24.0 Å². The molecule has 1 nitrogen and oxygen atoms in total. The minimum atomic E-state index is 1.02. The van der Waals surface area contributed by atoms with Gasteiger partial charge in [0.1, 0.15) is 0 Å². The summed E-state index contributed by atoms with van der Waals surface area (Å²) < 4.78 is 0. The van der Waals surface area contributed by atoms with E-state index < -0.39 is 0 Å². The molecule has 0 radical (unpaired) electrons. The number of hydrogen-bond acceptors (Lipinski definition) is 1. The lowest BCUT2D eigenvalue weighted by Crippen LogP contribution is -2.01. The van der Waals surface area contributed by atoms with Crippen LogP contribution in [0.4, 0.5) is 0 Å². The lowest BCUT2D eigenvalue weighted by Gasteiger charge is -1.94. The minimum Gasteiger partial charge on any atom is -0.392 e. The van der Waals surface area contributed by atoms with E-state index in [2.05, 4.69) is 43.1 Å². The Morgan fingerprint density at radius 1 is 1.38 bits per heavy atom. The maximum Gasteiger partial charge on any atom is 0.00300 e. The van der Waals surface area contributed by atoms with Crippen LogP contribution < -0.4 is 5.32 Å². The highest BCUT2D eigenvalue weighted by atomic mass is 14.8. The molecule has 1 heteroatoms. The first-order chi connectivity index (χ1) is 6.27. The molecule has 0 unspecified atom stereocenters. The lowest BCUT2D eigenvalue weighted by molar-refractivity contribution is 0.908. The topological polar surface area (TPSA) is 12.0 Å². The molecule has 2 rings (SSSR count). The molecule has 0 spiro atoms. The molecule has 1 N–H and O–H groups in total. The van der Waals surface area contributed by atoms with Crippen molar-refractivity contribution < 1.29 is 0 Å². The summed E-state index contributed by atoms with van der Waals surface area (Å²) in [5.74, 6) is 0. The first-order valence-corrected chi connectivity index (χ1v) is 4.70. The summed E-state index contributed by atoms with van der Waals surface area (Å²) in [6.07, 6.45) is 2.27. The SMILES string of the molecule is C=C(CC)NC.c1ccc2c(c1)C2. The Morgan fingerprint density at radius 3 is 2.15 bits per heavy atom. The van der Waals surface area contributed by atoms with Gasteiger partial charge in [0.15, 0.2) is 0 Å². The molecule has 0 amide bonds. The molecule has 0 saturated heterocycles. The number of allylic oxidation sites excluding steroid dienone is 1. The highest BCUT2D eigenvalue weighted by Crippen LogP contribution is 2.25. The lowest BCUT2D eigenvalue weighted by atomic mass is 10.4. The van der Waals surface area contributed by atoms with Crippen LogP contribution in [0.15, 0.2) is 36.5 Å². The Bertz CT molecular complexity index is 262. The average Bonchev–Trinajstić information content (AvgIpc) is 2.96. The molecular formula is C12H17N. The maximum atomic E-state index is 3.68. The van der Waals surface area contributed by atoms with Gasteiger partial charge in [0, 0.05) is 12.7 Å². The molecule has 70 valence electrons. The van der Waals surface area contributed by atoms with Gasteiger partial charge < -0.3 is 5.32 Å². The molecule has 0 fully saturated rings. The first-order valence-electron chi connectivity index (χ1n) is 4.70. The van der Waals surface area contributed by atoms with Crippen LogP contribution in [0.2, 0.25) is 0 Å². The summed E-state index contributed by atoms with van der Waals surface area (Å²) in [4.78, 5) is 0. The van der Waals surface area contributed by atoms with Crippen LogP contribution in [0.5, 0.6) is 0 Å². The van der Waals surface area contributed by atoms with Gasteiger partial charge in [0.05, 0.1) is 0 Å². The predicted octanol–water partition coefficient (Wildman–Crippen LogP) is 2.72. The average molecular weight is 175 g/mol. The number of nitrogens with one attached hydrogen (secondary N) is 1. The smallest absolute Gasteiger partial charge is 0.00300 e. The number of rotatable bonds is 2. The Morgan fingerprint density at radius 2 is 1.92 bits per heavy atom. The first kappa shape index (κ1) is 9.85. The molecule has 0 saturated carbocycles. The molecule has 1 aliphatic rings. The zero-order valence-corrected chi connectivity index (χ0v) is 8.43. The van der Waals surface area contributed by atoms with Gasteiger partial charge in [-0.25, -0.2) is 0 Å². The van der Waals surface area contributed by atoms with E-state index in [4.69, 9.17) is 0 Å². The Kier molecular flexibility index (Phi) is 3.56. The molecule has 0 heterocycles. The van der Waals surface area contributed by atoms with Gasteiger partial charge in [0.25, 0.3) is 0 Å². The molecule has 0 bridgehead atoms. The highest BCUT2D eigenvalue weighted by molar-refractivity contribution is 5.44. The van der Waals surface area contributed by atoms with Crippen molar-refractivity contribution in [3.63, 3.8) is 0 Å². The quantitative estimate of drug-likeness (QED) is 0.740. The van der Waals surface area contributed by atoms with Crippen LogP contribution in [0.1, 0.15) is 24.5 Å². The zero-order valence-electron chi connectivity index (χ0n) is 8.43. The van der Waals surface area contributed by atoms with E-state index in [1.165, 1.54) is 17.5 Å². The van der Waals surface area contributed by atoms with Crippen molar-refractivity contribution in [2.45, 2.75) is 19.8 Å². The Balaban J connectivity index is 0.000000133. The number of benzene rings is 1. The molecule has 1 aromatic rings.